The third-order valence-corrected chi connectivity index (χ3v) is 6.97. The lowest BCUT2D eigenvalue weighted by Crippen LogP contribution is -2.26. The molecule has 0 fully saturated rings. The zero-order valence-electron chi connectivity index (χ0n) is 18.3. The Morgan fingerprint density at radius 2 is 1.75 bits per heavy atom. The molecule has 0 saturated carbocycles. The van der Waals surface area contributed by atoms with Crippen LogP contribution in [0.15, 0.2) is 84.9 Å². The van der Waals surface area contributed by atoms with Crippen molar-refractivity contribution in [3.8, 4) is 0 Å². The van der Waals surface area contributed by atoms with Crippen LogP contribution in [0.2, 0.25) is 0 Å². The molecule has 0 aliphatic heterocycles. The van der Waals surface area contributed by atoms with Crippen LogP contribution in [0, 0.1) is 0 Å². The first-order valence-corrected chi connectivity index (χ1v) is 11.6. The molecule has 1 atom stereocenters. The molecule has 2 N–H and O–H groups in total. The molecule has 0 bridgehead atoms. The first-order valence-electron chi connectivity index (χ1n) is 10.7. The highest BCUT2D eigenvalue weighted by Crippen LogP contribution is 2.41. The van der Waals surface area contributed by atoms with Crippen LogP contribution in [-0.4, -0.2) is 18.1 Å². The second-order valence-corrected chi connectivity index (χ2v) is 9.41. The van der Waals surface area contributed by atoms with Crippen LogP contribution in [0.3, 0.4) is 0 Å². The normalized spacial score (nSPS) is 13.3. The van der Waals surface area contributed by atoms with Crippen LogP contribution in [0.1, 0.15) is 39.0 Å². The van der Waals surface area contributed by atoms with E-state index in [4.69, 9.17) is 0 Å². The minimum atomic E-state index is -0.877. The largest absolute Gasteiger partial charge is 0.477 e. The molecule has 4 aromatic rings. The van der Waals surface area contributed by atoms with Gasteiger partial charge in [-0.3, -0.25) is 0 Å². The van der Waals surface area contributed by atoms with E-state index in [1.165, 1.54) is 33.2 Å². The van der Waals surface area contributed by atoms with Crippen LogP contribution in [0.25, 0.3) is 16.8 Å². The maximum atomic E-state index is 11.2. The van der Waals surface area contributed by atoms with Gasteiger partial charge in [0.05, 0.1) is 0 Å². The number of carboxylic acid groups (broad SMARTS) is 1. The monoisotopic (exact) mass is 441 g/mol. The number of hydrogen-bond donors (Lipinski definition) is 2. The van der Waals surface area contributed by atoms with Crippen LogP contribution in [0.5, 0.6) is 0 Å². The van der Waals surface area contributed by atoms with Crippen molar-refractivity contribution in [3.63, 3.8) is 0 Å². The molecule has 162 valence electrons. The Morgan fingerprint density at radius 1 is 1.00 bits per heavy atom. The summed E-state index contributed by atoms with van der Waals surface area (Å²) in [5.41, 5.74) is 3.58. The lowest BCUT2D eigenvalue weighted by molar-refractivity contribution is 0.0702. The Morgan fingerprint density at radius 3 is 2.47 bits per heavy atom. The van der Waals surface area contributed by atoms with Crippen molar-refractivity contribution in [2.75, 3.05) is 12.4 Å². The molecular formula is C28H27NO2S. The first-order chi connectivity index (χ1) is 15.5. The standard InChI is InChI=1S/C28H27NO2S/c1-28(19-20-9-4-3-5-10-20,18-8-12-22-15-17-25(32-22)27(30)31)26-23-13-7-6-11-21(23)14-16-24(26)29-2/h3-17,29H,18-19H2,1-2H3,(H,30,31)/b12-8+. The maximum absolute atomic E-state index is 11.2. The predicted molar refractivity (Wildman–Crippen MR) is 136 cm³/mol. The number of thiophene rings is 1. The topological polar surface area (TPSA) is 49.3 Å². The quantitative estimate of drug-likeness (QED) is 0.303. The zero-order valence-corrected chi connectivity index (χ0v) is 19.2. The molecule has 0 amide bonds. The number of nitrogens with one attached hydrogen (secondary N) is 1. The molecule has 3 nitrogen and oxygen atoms in total. The number of allylic oxidation sites excluding steroid dienone is 1. The van der Waals surface area contributed by atoms with E-state index in [-0.39, 0.29) is 5.41 Å². The Hall–Kier alpha value is -3.37. The van der Waals surface area contributed by atoms with E-state index in [1.807, 2.05) is 19.2 Å². The van der Waals surface area contributed by atoms with Crippen LogP contribution in [0.4, 0.5) is 5.69 Å². The fourth-order valence-electron chi connectivity index (χ4n) is 4.43. The summed E-state index contributed by atoms with van der Waals surface area (Å²) in [4.78, 5) is 12.5. The number of benzene rings is 3. The van der Waals surface area contributed by atoms with Gasteiger partial charge in [-0.05, 0) is 59.0 Å². The van der Waals surface area contributed by atoms with E-state index >= 15 is 0 Å². The van der Waals surface area contributed by atoms with Gasteiger partial charge in [0.25, 0.3) is 0 Å². The van der Waals surface area contributed by atoms with Gasteiger partial charge in [-0.1, -0.05) is 73.7 Å². The van der Waals surface area contributed by atoms with Crippen molar-refractivity contribution < 1.29 is 9.90 Å². The van der Waals surface area contributed by atoms with Gasteiger partial charge in [0, 0.05) is 23.0 Å². The first kappa shape index (κ1) is 21.8. The van der Waals surface area contributed by atoms with Crippen LogP contribution in [-0.2, 0) is 11.8 Å². The summed E-state index contributed by atoms with van der Waals surface area (Å²) >= 11 is 1.30. The molecule has 4 heteroatoms. The number of anilines is 1. The van der Waals surface area contributed by atoms with Gasteiger partial charge in [0.2, 0.25) is 0 Å². The minimum Gasteiger partial charge on any atom is -0.477 e. The zero-order chi connectivity index (χ0) is 22.6. The summed E-state index contributed by atoms with van der Waals surface area (Å²) in [7, 11) is 1.98. The lowest BCUT2D eigenvalue weighted by Gasteiger charge is -2.33. The van der Waals surface area contributed by atoms with Gasteiger partial charge >= 0.3 is 5.97 Å². The van der Waals surface area contributed by atoms with Gasteiger partial charge in [0.1, 0.15) is 4.88 Å². The van der Waals surface area contributed by atoms with E-state index in [0.717, 1.165) is 23.4 Å². The number of hydrogen-bond acceptors (Lipinski definition) is 3. The van der Waals surface area contributed by atoms with Crippen LogP contribution < -0.4 is 5.32 Å². The Labute approximate surface area is 193 Å². The molecule has 1 unspecified atom stereocenters. The summed E-state index contributed by atoms with van der Waals surface area (Å²) in [6.45, 7) is 2.32. The van der Waals surface area contributed by atoms with Crippen molar-refractivity contribution in [3.05, 3.63) is 106 Å². The molecule has 0 radical (unpaired) electrons. The third kappa shape index (κ3) is 4.61. The summed E-state index contributed by atoms with van der Waals surface area (Å²) in [6, 6.07) is 27.0. The highest BCUT2D eigenvalue weighted by atomic mass is 32.1. The number of carboxylic acids is 1. The van der Waals surface area contributed by atoms with Gasteiger partial charge < -0.3 is 10.4 Å². The Kier molecular flexibility index (Phi) is 6.42. The van der Waals surface area contributed by atoms with E-state index in [2.05, 4.69) is 85.0 Å². The van der Waals surface area contributed by atoms with E-state index < -0.39 is 5.97 Å². The summed E-state index contributed by atoms with van der Waals surface area (Å²) < 4.78 is 0. The molecule has 32 heavy (non-hydrogen) atoms. The molecule has 1 heterocycles. The Bertz CT molecular complexity index is 1260. The average Bonchev–Trinajstić information content (AvgIpc) is 3.28. The van der Waals surface area contributed by atoms with Gasteiger partial charge in [-0.15, -0.1) is 11.3 Å². The van der Waals surface area contributed by atoms with Crippen molar-refractivity contribution in [2.24, 2.45) is 0 Å². The van der Waals surface area contributed by atoms with E-state index in [1.54, 1.807) is 6.07 Å². The number of rotatable bonds is 8. The van der Waals surface area contributed by atoms with Gasteiger partial charge in [-0.2, -0.15) is 0 Å². The molecule has 3 aromatic carbocycles. The number of aromatic carboxylic acids is 1. The fourth-order valence-corrected chi connectivity index (χ4v) is 5.21. The Balaban J connectivity index is 1.77. The molecule has 1 aromatic heterocycles. The SMILES string of the molecule is CNc1ccc2ccccc2c1C(C)(C/C=C/c1ccc(C(=O)O)s1)Cc1ccccc1. The van der Waals surface area contributed by atoms with Crippen molar-refractivity contribution in [1.82, 2.24) is 0 Å². The highest BCUT2D eigenvalue weighted by Gasteiger charge is 2.30. The number of carbonyl (C=O) groups is 1. The van der Waals surface area contributed by atoms with Crippen molar-refractivity contribution in [2.45, 2.75) is 25.2 Å². The van der Waals surface area contributed by atoms with Gasteiger partial charge in [0.15, 0.2) is 0 Å². The fraction of sp³-hybridized carbons (Fsp3) is 0.179. The second-order valence-electron chi connectivity index (χ2n) is 8.30. The maximum Gasteiger partial charge on any atom is 0.345 e. The van der Waals surface area contributed by atoms with Crippen molar-refractivity contribution >= 4 is 39.8 Å². The van der Waals surface area contributed by atoms with Crippen LogP contribution >= 0.6 is 11.3 Å². The second kappa shape index (κ2) is 9.41. The average molecular weight is 442 g/mol. The summed E-state index contributed by atoms with van der Waals surface area (Å²) in [5.74, 6) is -0.877. The third-order valence-electron chi connectivity index (χ3n) is 5.93. The number of fused-ring (bicyclic) bond motifs is 1. The summed E-state index contributed by atoms with van der Waals surface area (Å²) in [5, 5.41) is 15.1. The van der Waals surface area contributed by atoms with Crippen molar-refractivity contribution in [1.29, 1.82) is 0 Å². The molecule has 0 spiro atoms. The highest BCUT2D eigenvalue weighted by molar-refractivity contribution is 7.14. The molecule has 0 aliphatic rings. The van der Waals surface area contributed by atoms with E-state index in [0.29, 0.717) is 4.88 Å². The smallest absolute Gasteiger partial charge is 0.345 e. The minimum absolute atomic E-state index is 0.163. The predicted octanol–water partition coefficient (Wildman–Crippen LogP) is 7.25. The van der Waals surface area contributed by atoms with Gasteiger partial charge in [-0.25, -0.2) is 4.79 Å². The molecule has 0 aliphatic carbocycles. The molecule has 4 rings (SSSR count). The summed E-state index contributed by atoms with van der Waals surface area (Å²) in [6.07, 6.45) is 5.95. The lowest BCUT2D eigenvalue weighted by atomic mass is 9.72. The van der Waals surface area contributed by atoms with E-state index in [9.17, 15) is 9.90 Å². The molecular weight excluding hydrogens is 414 g/mol. The molecule has 0 saturated heterocycles.